The predicted octanol–water partition coefficient (Wildman–Crippen LogP) is 4.78. The number of carbonyl (C=O) groups excluding carboxylic acids is 2. The van der Waals surface area contributed by atoms with Gasteiger partial charge in [-0.25, -0.2) is 8.42 Å². The third-order valence-corrected chi connectivity index (χ3v) is 8.19. The lowest BCUT2D eigenvalue weighted by Crippen LogP contribution is -2.54. The van der Waals surface area contributed by atoms with Crippen molar-refractivity contribution in [3.8, 4) is 5.75 Å². The van der Waals surface area contributed by atoms with Crippen LogP contribution in [0.2, 0.25) is 0 Å². The Balaban J connectivity index is 2.05. The van der Waals surface area contributed by atoms with Gasteiger partial charge in [0.2, 0.25) is 21.8 Å². The number of ether oxygens (including phenoxy) is 1. The van der Waals surface area contributed by atoms with Crippen LogP contribution in [0.25, 0.3) is 0 Å². The molecule has 40 heavy (non-hydrogen) atoms. The Hall–Kier alpha value is -3.37. The number of carbonyl (C=O) groups is 2. The second kappa shape index (κ2) is 14.3. The monoisotopic (exact) mass is 629 g/mol. The highest BCUT2D eigenvalue weighted by Crippen LogP contribution is 2.23. The summed E-state index contributed by atoms with van der Waals surface area (Å²) < 4.78 is 32.8. The van der Waals surface area contributed by atoms with E-state index in [1.807, 2.05) is 68.4 Å². The fourth-order valence-electron chi connectivity index (χ4n) is 4.19. The van der Waals surface area contributed by atoms with Crippen LogP contribution in [0.3, 0.4) is 0 Å². The Morgan fingerprint density at radius 1 is 0.975 bits per heavy atom. The fraction of sp³-hybridized carbons (Fsp3) is 0.333. The van der Waals surface area contributed by atoms with E-state index >= 15 is 0 Å². The Morgan fingerprint density at radius 3 is 2.20 bits per heavy atom. The van der Waals surface area contributed by atoms with E-state index in [2.05, 4.69) is 21.2 Å². The molecule has 0 aliphatic rings. The lowest BCUT2D eigenvalue weighted by Gasteiger charge is -2.34. The van der Waals surface area contributed by atoms with Crippen LogP contribution in [-0.4, -0.2) is 57.1 Å². The van der Waals surface area contributed by atoms with Crippen molar-refractivity contribution in [1.29, 1.82) is 0 Å². The summed E-state index contributed by atoms with van der Waals surface area (Å²) in [7, 11) is -2.32. The topological polar surface area (TPSA) is 96.0 Å². The smallest absolute Gasteiger partial charge is 0.244 e. The summed E-state index contributed by atoms with van der Waals surface area (Å²) >= 11 is 3.48. The third-order valence-electron chi connectivity index (χ3n) is 6.55. The zero-order chi connectivity index (χ0) is 29.3. The molecule has 1 N–H and O–H groups in total. The van der Waals surface area contributed by atoms with Gasteiger partial charge in [-0.15, -0.1) is 0 Å². The summed E-state index contributed by atoms with van der Waals surface area (Å²) in [4.78, 5) is 29.2. The lowest BCUT2D eigenvalue weighted by atomic mass is 10.0. The van der Waals surface area contributed by atoms with Crippen LogP contribution >= 0.6 is 15.9 Å². The van der Waals surface area contributed by atoms with Crippen molar-refractivity contribution in [3.05, 3.63) is 94.5 Å². The first-order valence-electron chi connectivity index (χ1n) is 13.0. The van der Waals surface area contributed by atoms with E-state index in [-0.39, 0.29) is 24.9 Å². The highest BCUT2D eigenvalue weighted by atomic mass is 79.9. The molecule has 0 radical (unpaired) electrons. The van der Waals surface area contributed by atoms with Crippen LogP contribution in [-0.2, 0) is 32.6 Å². The molecule has 3 rings (SSSR count). The minimum atomic E-state index is -3.84. The maximum atomic E-state index is 14.1. The first-order valence-corrected chi connectivity index (χ1v) is 15.7. The van der Waals surface area contributed by atoms with E-state index in [1.54, 1.807) is 24.3 Å². The van der Waals surface area contributed by atoms with Crippen LogP contribution in [0.1, 0.15) is 31.4 Å². The highest BCUT2D eigenvalue weighted by molar-refractivity contribution is 9.10. The average Bonchev–Trinajstić information content (AvgIpc) is 2.93. The lowest BCUT2D eigenvalue weighted by molar-refractivity contribution is -0.140. The van der Waals surface area contributed by atoms with E-state index in [0.29, 0.717) is 11.4 Å². The van der Waals surface area contributed by atoms with Gasteiger partial charge in [-0.3, -0.25) is 13.9 Å². The molecule has 10 heteroatoms. The SMILES string of the molecule is CC[C@@H](C)NC(=O)[C@@H](Cc1ccccc1)N(Cc1cccc(Br)c1)C(=O)CN(c1ccc(OC)cc1)S(C)(=O)=O. The minimum absolute atomic E-state index is 0.0968. The second-order valence-corrected chi connectivity index (χ2v) is 12.5. The molecule has 3 aromatic carbocycles. The van der Waals surface area contributed by atoms with E-state index in [1.165, 1.54) is 12.0 Å². The molecule has 214 valence electrons. The van der Waals surface area contributed by atoms with E-state index in [0.717, 1.165) is 32.6 Å². The largest absolute Gasteiger partial charge is 0.497 e. The molecule has 0 unspecified atom stereocenters. The number of sulfonamides is 1. The number of nitrogens with one attached hydrogen (secondary N) is 1. The van der Waals surface area contributed by atoms with Gasteiger partial charge < -0.3 is 15.0 Å². The van der Waals surface area contributed by atoms with Crippen molar-refractivity contribution >= 4 is 43.5 Å². The molecule has 8 nitrogen and oxygen atoms in total. The normalized spacial score (nSPS) is 12.7. The third kappa shape index (κ3) is 8.82. The molecular formula is C30H36BrN3O5S. The Bertz CT molecular complexity index is 1380. The quantitative estimate of drug-likeness (QED) is 0.294. The molecule has 0 bridgehead atoms. The van der Waals surface area contributed by atoms with Crippen molar-refractivity contribution in [1.82, 2.24) is 10.2 Å². The molecule has 2 atom stereocenters. The van der Waals surface area contributed by atoms with Crippen LogP contribution in [0.4, 0.5) is 5.69 Å². The highest BCUT2D eigenvalue weighted by Gasteiger charge is 2.33. The van der Waals surface area contributed by atoms with Gasteiger partial charge in [0.05, 0.1) is 19.1 Å². The first kappa shape index (κ1) is 31.2. The zero-order valence-corrected chi connectivity index (χ0v) is 25.6. The van der Waals surface area contributed by atoms with Crippen molar-refractivity contribution in [2.24, 2.45) is 0 Å². The molecular weight excluding hydrogens is 594 g/mol. The summed E-state index contributed by atoms with van der Waals surface area (Å²) in [6.45, 7) is 3.53. The van der Waals surface area contributed by atoms with Crippen molar-refractivity contribution in [2.45, 2.75) is 45.3 Å². The van der Waals surface area contributed by atoms with Gasteiger partial charge >= 0.3 is 0 Å². The number of anilines is 1. The molecule has 0 aliphatic carbocycles. The summed E-state index contributed by atoms with van der Waals surface area (Å²) in [6.07, 6.45) is 2.05. The maximum Gasteiger partial charge on any atom is 0.244 e. The van der Waals surface area contributed by atoms with Crippen LogP contribution in [0, 0.1) is 0 Å². The van der Waals surface area contributed by atoms with E-state index in [9.17, 15) is 18.0 Å². The predicted molar refractivity (Wildman–Crippen MR) is 162 cm³/mol. The molecule has 0 aromatic heterocycles. The zero-order valence-electron chi connectivity index (χ0n) is 23.2. The van der Waals surface area contributed by atoms with Gasteiger partial charge in [0, 0.05) is 23.5 Å². The number of benzene rings is 3. The average molecular weight is 631 g/mol. The first-order chi connectivity index (χ1) is 19.0. The number of halogens is 1. The second-order valence-electron chi connectivity index (χ2n) is 9.64. The fourth-order valence-corrected chi connectivity index (χ4v) is 5.49. The molecule has 0 heterocycles. The van der Waals surface area contributed by atoms with Crippen LogP contribution < -0.4 is 14.4 Å². The van der Waals surface area contributed by atoms with Crippen molar-refractivity contribution in [3.63, 3.8) is 0 Å². The number of nitrogens with zero attached hydrogens (tertiary/aromatic N) is 2. The molecule has 0 spiro atoms. The van der Waals surface area contributed by atoms with Gasteiger partial charge in [0.1, 0.15) is 18.3 Å². The number of amides is 2. The van der Waals surface area contributed by atoms with Gasteiger partial charge in [0.25, 0.3) is 0 Å². The van der Waals surface area contributed by atoms with Gasteiger partial charge in [-0.05, 0) is 60.9 Å². The molecule has 2 amide bonds. The molecule has 0 fully saturated rings. The molecule has 0 aliphatic heterocycles. The van der Waals surface area contributed by atoms with E-state index < -0.39 is 28.5 Å². The standard InChI is InChI=1S/C30H36BrN3O5S/c1-5-22(2)32-30(36)28(19-23-10-7-6-8-11-23)33(20-24-12-9-13-25(31)18-24)29(35)21-34(40(4,37)38)26-14-16-27(39-3)17-15-26/h6-18,22,28H,5,19-21H2,1-4H3,(H,32,36)/t22-,28-/m1/s1. The Labute approximate surface area is 245 Å². The maximum absolute atomic E-state index is 14.1. The number of rotatable bonds is 13. The molecule has 0 saturated carbocycles. The minimum Gasteiger partial charge on any atom is -0.497 e. The van der Waals surface area contributed by atoms with Crippen LogP contribution in [0.5, 0.6) is 5.75 Å². The van der Waals surface area contributed by atoms with Crippen molar-refractivity contribution < 1.29 is 22.7 Å². The van der Waals surface area contributed by atoms with Crippen LogP contribution in [0.15, 0.2) is 83.3 Å². The summed E-state index contributed by atoms with van der Waals surface area (Å²) in [6, 6.07) is 22.4. The number of methoxy groups -OCH3 is 1. The summed E-state index contributed by atoms with van der Waals surface area (Å²) in [5, 5.41) is 3.02. The van der Waals surface area contributed by atoms with Gasteiger partial charge in [-0.1, -0.05) is 65.3 Å². The van der Waals surface area contributed by atoms with Gasteiger partial charge in [-0.2, -0.15) is 0 Å². The molecule has 3 aromatic rings. The van der Waals surface area contributed by atoms with Crippen molar-refractivity contribution in [2.75, 3.05) is 24.2 Å². The summed E-state index contributed by atoms with van der Waals surface area (Å²) in [5.41, 5.74) is 2.00. The van der Waals surface area contributed by atoms with Gasteiger partial charge in [0.15, 0.2) is 0 Å². The number of hydrogen-bond acceptors (Lipinski definition) is 5. The Kier molecular flexibility index (Phi) is 11.2. The number of hydrogen-bond donors (Lipinski definition) is 1. The molecule has 0 saturated heterocycles. The van der Waals surface area contributed by atoms with E-state index in [4.69, 9.17) is 4.74 Å². The Morgan fingerprint density at radius 2 is 1.62 bits per heavy atom. The summed E-state index contributed by atoms with van der Waals surface area (Å²) in [5.74, 6) is -0.234.